The third-order valence-electron chi connectivity index (χ3n) is 5.61. The molecule has 2 N–H and O–H groups in total. The highest BCUT2D eigenvalue weighted by molar-refractivity contribution is 6.05. The normalized spacial score (nSPS) is 11.4. The number of aromatic nitrogens is 4. The Labute approximate surface area is 208 Å². The number of fused-ring (bicyclic) bond motifs is 1. The summed E-state index contributed by atoms with van der Waals surface area (Å²) in [7, 11) is 1.57. The van der Waals surface area contributed by atoms with Crippen molar-refractivity contribution < 1.29 is 22.7 Å². The molecule has 1 amide bonds. The number of hydrogen-bond donors (Lipinski definition) is 2. The van der Waals surface area contributed by atoms with Crippen LogP contribution >= 0.6 is 0 Å². The first kappa shape index (κ1) is 23.8. The van der Waals surface area contributed by atoms with Gasteiger partial charge in [-0.2, -0.15) is 18.3 Å². The fourth-order valence-electron chi connectivity index (χ4n) is 3.79. The molecule has 0 aliphatic heterocycles. The first-order valence-corrected chi connectivity index (χ1v) is 11.0. The standard InChI is InChI=1S/C26H19F3N6O2/c1-37-21-11-9-19(10-12-21)35(24-22-14-32-34-23(22)30-15-31-24)20-4-2-3-16(13-20)25(36)33-18-7-5-17(6-8-18)26(27,28)29/h2-15H,1H3,(H,33,36)(H,30,31,32,34). The Morgan fingerprint density at radius 1 is 0.973 bits per heavy atom. The second-order valence-corrected chi connectivity index (χ2v) is 7.94. The molecule has 5 rings (SSSR count). The number of rotatable bonds is 6. The van der Waals surface area contributed by atoms with Crippen LogP contribution in [0.1, 0.15) is 15.9 Å². The summed E-state index contributed by atoms with van der Waals surface area (Å²) in [5.74, 6) is 0.723. The molecule has 0 aliphatic carbocycles. The Kier molecular flexibility index (Phi) is 6.18. The first-order chi connectivity index (χ1) is 17.8. The van der Waals surface area contributed by atoms with Crippen molar-refractivity contribution in [1.29, 1.82) is 0 Å². The second kappa shape index (κ2) is 9.61. The van der Waals surface area contributed by atoms with Gasteiger partial charge in [-0.25, -0.2) is 9.97 Å². The van der Waals surface area contributed by atoms with Crippen LogP contribution in [0.4, 0.5) is 36.1 Å². The molecule has 0 saturated carbocycles. The van der Waals surface area contributed by atoms with Gasteiger partial charge < -0.3 is 10.1 Å². The highest BCUT2D eigenvalue weighted by atomic mass is 19.4. The number of nitrogens with zero attached hydrogens (tertiary/aromatic N) is 4. The molecule has 5 aromatic rings. The number of H-pyrrole nitrogens is 1. The maximum atomic E-state index is 13.0. The average Bonchev–Trinajstić information content (AvgIpc) is 3.39. The van der Waals surface area contributed by atoms with Crippen LogP contribution < -0.4 is 15.0 Å². The third kappa shape index (κ3) is 4.92. The number of hydrogen-bond acceptors (Lipinski definition) is 6. The molecule has 186 valence electrons. The Bertz CT molecular complexity index is 1550. The molecule has 8 nitrogen and oxygen atoms in total. The van der Waals surface area contributed by atoms with Crippen LogP contribution in [0, 0.1) is 0 Å². The van der Waals surface area contributed by atoms with Gasteiger partial charge in [0.1, 0.15) is 12.1 Å². The van der Waals surface area contributed by atoms with E-state index in [0.717, 1.165) is 17.8 Å². The molecule has 0 aliphatic rings. The van der Waals surface area contributed by atoms with E-state index in [0.29, 0.717) is 33.9 Å². The molecule has 0 atom stereocenters. The van der Waals surface area contributed by atoms with Gasteiger partial charge in [0, 0.05) is 22.6 Å². The molecule has 37 heavy (non-hydrogen) atoms. The maximum Gasteiger partial charge on any atom is 0.416 e. The molecular formula is C26H19F3N6O2. The molecule has 0 spiro atoms. The van der Waals surface area contributed by atoms with E-state index in [1.807, 2.05) is 23.1 Å². The van der Waals surface area contributed by atoms with Crippen LogP contribution in [0.25, 0.3) is 11.0 Å². The van der Waals surface area contributed by atoms with E-state index >= 15 is 0 Å². The van der Waals surface area contributed by atoms with Gasteiger partial charge in [0.05, 0.1) is 24.3 Å². The summed E-state index contributed by atoms with van der Waals surface area (Å²) in [4.78, 5) is 23.5. The maximum absolute atomic E-state index is 13.0. The summed E-state index contributed by atoms with van der Waals surface area (Å²) < 4.78 is 43.8. The number of nitrogens with one attached hydrogen (secondary N) is 2. The largest absolute Gasteiger partial charge is 0.497 e. The van der Waals surface area contributed by atoms with E-state index in [-0.39, 0.29) is 5.69 Å². The lowest BCUT2D eigenvalue weighted by Gasteiger charge is -2.25. The fourth-order valence-corrected chi connectivity index (χ4v) is 3.79. The summed E-state index contributed by atoms with van der Waals surface area (Å²) >= 11 is 0. The van der Waals surface area contributed by atoms with Crippen molar-refractivity contribution >= 4 is 39.8 Å². The monoisotopic (exact) mass is 504 g/mol. The highest BCUT2D eigenvalue weighted by Crippen LogP contribution is 2.37. The van der Waals surface area contributed by atoms with Crippen LogP contribution in [0.15, 0.2) is 85.3 Å². The zero-order valence-corrected chi connectivity index (χ0v) is 19.3. The molecule has 0 unspecified atom stereocenters. The van der Waals surface area contributed by atoms with E-state index in [1.54, 1.807) is 43.6 Å². The van der Waals surface area contributed by atoms with Crippen LogP contribution in [-0.4, -0.2) is 33.2 Å². The van der Waals surface area contributed by atoms with E-state index in [4.69, 9.17) is 4.74 Å². The van der Waals surface area contributed by atoms with Gasteiger partial charge in [-0.05, 0) is 66.7 Å². The third-order valence-corrected chi connectivity index (χ3v) is 5.61. The van der Waals surface area contributed by atoms with Crippen molar-refractivity contribution in [1.82, 2.24) is 20.2 Å². The van der Waals surface area contributed by atoms with Gasteiger partial charge in [-0.15, -0.1) is 0 Å². The molecule has 0 radical (unpaired) electrons. The van der Waals surface area contributed by atoms with Crippen LogP contribution in [0.2, 0.25) is 0 Å². The quantitative estimate of drug-likeness (QED) is 0.290. The summed E-state index contributed by atoms with van der Waals surface area (Å²) in [6.07, 6.45) is -1.43. The summed E-state index contributed by atoms with van der Waals surface area (Å²) in [5, 5.41) is 10.2. The lowest BCUT2D eigenvalue weighted by Crippen LogP contribution is -2.15. The van der Waals surface area contributed by atoms with E-state index in [2.05, 4.69) is 25.5 Å². The second-order valence-electron chi connectivity index (χ2n) is 7.94. The number of ether oxygens (including phenoxy) is 1. The Balaban J connectivity index is 1.51. The zero-order valence-electron chi connectivity index (χ0n) is 19.3. The minimum absolute atomic E-state index is 0.242. The van der Waals surface area contributed by atoms with E-state index in [1.165, 1.54) is 18.5 Å². The number of aromatic amines is 1. The van der Waals surface area contributed by atoms with Gasteiger partial charge >= 0.3 is 6.18 Å². The Morgan fingerprint density at radius 3 is 2.43 bits per heavy atom. The van der Waals surface area contributed by atoms with Crippen molar-refractivity contribution in [2.75, 3.05) is 17.3 Å². The number of methoxy groups -OCH3 is 1. The minimum atomic E-state index is -4.46. The Hall–Kier alpha value is -4.93. The Morgan fingerprint density at radius 2 is 1.73 bits per heavy atom. The average molecular weight is 504 g/mol. The van der Waals surface area contributed by atoms with Gasteiger partial charge in [0.25, 0.3) is 5.91 Å². The number of halogens is 3. The van der Waals surface area contributed by atoms with Crippen molar-refractivity contribution in [3.8, 4) is 5.75 Å². The molecule has 0 fully saturated rings. The summed E-state index contributed by atoms with van der Waals surface area (Å²) in [6.45, 7) is 0. The smallest absolute Gasteiger partial charge is 0.416 e. The number of carbonyl (C=O) groups is 1. The number of alkyl halides is 3. The molecule has 11 heteroatoms. The van der Waals surface area contributed by atoms with Crippen molar-refractivity contribution in [3.05, 3.63) is 96.4 Å². The molecule has 2 heterocycles. The van der Waals surface area contributed by atoms with Gasteiger partial charge in [0.15, 0.2) is 11.5 Å². The lowest BCUT2D eigenvalue weighted by atomic mass is 10.1. The van der Waals surface area contributed by atoms with Gasteiger partial charge in [-0.3, -0.25) is 14.8 Å². The SMILES string of the molecule is COc1ccc(N(c2cccc(C(=O)Nc3ccc(C(F)(F)F)cc3)c2)c2ncnc3[nH]ncc23)cc1. The fraction of sp³-hybridized carbons (Fsp3) is 0.0769. The van der Waals surface area contributed by atoms with Crippen molar-refractivity contribution in [3.63, 3.8) is 0 Å². The zero-order chi connectivity index (χ0) is 26.0. The molecule has 0 saturated heterocycles. The number of benzene rings is 3. The molecule has 2 aromatic heterocycles. The van der Waals surface area contributed by atoms with Crippen LogP contribution in [-0.2, 0) is 6.18 Å². The topological polar surface area (TPSA) is 96.0 Å². The van der Waals surface area contributed by atoms with E-state index < -0.39 is 17.6 Å². The van der Waals surface area contributed by atoms with Gasteiger partial charge in [-0.1, -0.05) is 6.07 Å². The molecule has 3 aromatic carbocycles. The van der Waals surface area contributed by atoms with E-state index in [9.17, 15) is 18.0 Å². The first-order valence-electron chi connectivity index (χ1n) is 11.0. The molecular weight excluding hydrogens is 485 g/mol. The lowest BCUT2D eigenvalue weighted by molar-refractivity contribution is -0.137. The van der Waals surface area contributed by atoms with Crippen molar-refractivity contribution in [2.45, 2.75) is 6.18 Å². The number of carbonyl (C=O) groups excluding carboxylic acids is 1. The predicted molar refractivity (Wildman–Crippen MR) is 132 cm³/mol. The van der Waals surface area contributed by atoms with Gasteiger partial charge in [0.2, 0.25) is 0 Å². The number of amides is 1. The van der Waals surface area contributed by atoms with Crippen LogP contribution in [0.3, 0.4) is 0 Å². The highest BCUT2D eigenvalue weighted by Gasteiger charge is 2.30. The minimum Gasteiger partial charge on any atom is -0.497 e. The summed E-state index contributed by atoms with van der Waals surface area (Å²) in [5.41, 5.74) is 1.64. The van der Waals surface area contributed by atoms with Crippen molar-refractivity contribution in [2.24, 2.45) is 0 Å². The summed E-state index contributed by atoms with van der Waals surface area (Å²) in [6, 6.07) is 18.4. The van der Waals surface area contributed by atoms with Crippen LogP contribution in [0.5, 0.6) is 5.75 Å². The predicted octanol–water partition coefficient (Wildman–Crippen LogP) is 6.10. The number of anilines is 4. The molecule has 0 bridgehead atoms.